The van der Waals surface area contributed by atoms with Gasteiger partial charge in [0.1, 0.15) is 0 Å². The molecule has 1 N–H and O–H groups in total. The molecule has 0 spiro atoms. The number of halogens is 4. The quantitative estimate of drug-likeness (QED) is 0.861. The van der Waals surface area contributed by atoms with Crippen LogP contribution in [0.5, 0.6) is 5.88 Å². The van der Waals surface area contributed by atoms with Gasteiger partial charge in [0, 0.05) is 18.3 Å². The second-order valence-corrected chi connectivity index (χ2v) is 5.14. The van der Waals surface area contributed by atoms with Crippen LogP contribution in [0.2, 0.25) is 0 Å². The zero-order valence-electron chi connectivity index (χ0n) is 10.9. The van der Waals surface area contributed by atoms with Gasteiger partial charge < -0.3 is 10.1 Å². The van der Waals surface area contributed by atoms with Gasteiger partial charge in [-0.3, -0.25) is 0 Å². The Morgan fingerprint density at radius 2 is 1.89 bits per heavy atom. The van der Waals surface area contributed by atoms with E-state index in [0.29, 0.717) is 12.1 Å². The van der Waals surface area contributed by atoms with E-state index in [1.165, 1.54) is 6.20 Å². The molecule has 0 radical (unpaired) electrons. The third-order valence-electron chi connectivity index (χ3n) is 2.06. The van der Waals surface area contributed by atoms with Crippen molar-refractivity contribution in [2.24, 2.45) is 0 Å². The number of ether oxygens (including phenoxy) is 1. The van der Waals surface area contributed by atoms with Crippen molar-refractivity contribution < 1.29 is 22.3 Å². The SMILES string of the molecule is CC(C)(C)NCc1cnc(OCC(F)(F)F)c(F)c1. The summed E-state index contributed by atoms with van der Waals surface area (Å²) in [5.74, 6) is -1.55. The fraction of sp³-hybridized carbons (Fsp3) is 0.583. The summed E-state index contributed by atoms with van der Waals surface area (Å²) in [5, 5.41) is 3.11. The molecule has 0 bridgehead atoms. The van der Waals surface area contributed by atoms with E-state index in [0.717, 1.165) is 6.07 Å². The summed E-state index contributed by atoms with van der Waals surface area (Å²) in [6.45, 7) is 4.64. The summed E-state index contributed by atoms with van der Waals surface area (Å²) in [6, 6.07) is 1.11. The van der Waals surface area contributed by atoms with E-state index in [2.05, 4.69) is 15.0 Å². The lowest BCUT2D eigenvalue weighted by atomic mass is 10.1. The van der Waals surface area contributed by atoms with Crippen LogP contribution in [0.25, 0.3) is 0 Å². The van der Waals surface area contributed by atoms with Crippen molar-refractivity contribution in [3.8, 4) is 5.88 Å². The molecule has 0 saturated carbocycles. The van der Waals surface area contributed by atoms with Gasteiger partial charge in [0.2, 0.25) is 0 Å². The summed E-state index contributed by atoms with van der Waals surface area (Å²) >= 11 is 0. The Morgan fingerprint density at radius 1 is 1.26 bits per heavy atom. The van der Waals surface area contributed by atoms with Crippen molar-refractivity contribution >= 4 is 0 Å². The minimum absolute atomic E-state index is 0.151. The van der Waals surface area contributed by atoms with Crippen LogP contribution in [0.3, 0.4) is 0 Å². The molecule has 1 heterocycles. The molecule has 0 aliphatic carbocycles. The lowest BCUT2D eigenvalue weighted by Gasteiger charge is -2.20. The zero-order chi connectivity index (χ0) is 14.7. The fourth-order valence-electron chi connectivity index (χ4n) is 1.19. The lowest BCUT2D eigenvalue weighted by Crippen LogP contribution is -2.35. The number of alkyl halides is 3. The van der Waals surface area contributed by atoms with Crippen LogP contribution in [0, 0.1) is 5.82 Å². The molecule has 108 valence electrons. The molecule has 0 atom stereocenters. The third kappa shape index (κ3) is 6.37. The first-order valence-corrected chi connectivity index (χ1v) is 5.66. The summed E-state index contributed by atoms with van der Waals surface area (Å²) < 4.78 is 53.5. The van der Waals surface area contributed by atoms with Crippen LogP contribution in [-0.2, 0) is 6.54 Å². The highest BCUT2D eigenvalue weighted by Crippen LogP contribution is 2.20. The van der Waals surface area contributed by atoms with E-state index < -0.39 is 24.5 Å². The van der Waals surface area contributed by atoms with Gasteiger partial charge in [0.15, 0.2) is 12.4 Å². The highest BCUT2D eigenvalue weighted by molar-refractivity contribution is 5.20. The van der Waals surface area contributed by atoms with Gasteiger partial charge in [-0.25, -0.2) is 9.37 Å². The first-order chi connectivity index (χ1) is 8.57. The average molecular weight is 280 g/mol. The highest BCUT2D eigenvalue weighted by Gasteiger charge is 2.29. The summed E-state index contributed by atoms with van der Waals surface area (Å²) in [5.41, 5.74) is 0.383. The molecule has 0 fully saturated rings. The first kappa shape index (κ1) is 15.7. The maximum atomic E-state index is 13.5. The van der Waals surface area contributed by atoms with Gasteiger partial charge >= 0.3 is 6.18 Å². The van der Waals surface area contributed by atoms with Crippen LogP contribution in [0.4, 0.5) is 17.6 Å². The lowest BCUT2D eigenvalue weighted by molar-refractivity contribution is -0.154. The summed E-state index contributed by atoms with van der Waals surface area (Å²) in [4.78, 5) is 3.54. The van der Waals surface area contributed by atoms with Gasteiger partial charge in [0.05, 0.1) is 0 Å². The first-order valence-electron chi connectivity index (χ1n) is 5.66. The average Bonchev–Trinajstić information content (AvgIpc) is 2.22. The Bertz CT molecular complexity index is 427. The molecule has 1 rings (SSSR count). The number of nitrogens with one attached hydrogen (secondary N) is 1. The fourth-order valence-corrected chi connectivity index (χ4v) is 1.19. The topological polar surface area (TPSA) is 34.2 Å². The van der Waals surface area contributed by atoms with Crippen LogP contribution in [0.15, 0.2) is 12.3 Å². The minimum atomic E-state index is -4.51. The van der Waals surface area contributed by atoms with Gasteiger partial charge in [-0.15, -0.1) is 0 Å². The van der Waals surface area contributed by atoms with Crippen molar-refractivity contribution in [2.45, 2.75) is 39.0 Å². The second-order valence-electron chi connectivity index (χ2n) is 5.14. The van der Waals surface area contributed by atoms with Gasteiger partial charge in [-0.05, 0) is 32.4 Å². The zero-order valence-corrected chi connectivity index (χ0v) is 10.9. The standard InChI is InChI=1S/C12H16F4N2O/c1-11(2,3)18-6-8-4-9(13)10(17-5-8)19-7-12(14,15)16/h4-5,18H,6-7H2,1-3H3. The van der Waals surface area contributed by atoms with Crippen molar-refractivity contribution in [2.75, 3.05) is 6.61 Å². The number of aromatic nitrogens is 1. The molecule has 0 unspecified atom stereocenters. The number of hydrogen-bond acceptors (Lipinski definition) is 3. The van der Waals surface area contributed by atoms with E-state index in [-0.39, 0.29) is 5.54 Å². The molecular weight excluding hydrogens is 264 g/mol. The van der Waals surface area contributed by atoms with Gasteiger partial charge in [-0.2, -0.15) is 13.2 Å². The monoisotopic (exact) mass is 280 g/mol. The molecule has 0 aliphatic heterocycles. The Labute approximate surface area is 109 Å². The highest BCUT2D eigenvalue weighted by atomic mass is 19.4. The molecule has 19 heavy (non-hydrogen) atoms. The van der Waals surface area contributed by atoms with E-state index in [1.54, 1.807) is 0 Å². The predicted molar refractivity (Wildman–Crippen MR) is 62.3 cm³/mol. The van der Waals surface area contributed by atoms with E-state index >= 15 is 0 Å². The van der Waals surface area contributed by atoms with E-state index in [9.17, 15) is 17.6 Å². The minimum Gasteiger partial charge on any atom is -0.466 e. The summed E-state index contributed by atoms with van der Waals surface area (Å²) in [7, 11) is 0. The van der Waals surface area contributed by atoms with Crippen molar-refractivity contribution in [3.05, 3.63) is 23.6 Å². The molecule has 1 aromatic rings. The number of rotatable bonds is 4. The van der Waals surface area contributed by atoms with Gasteiger partial charge in [0.25, 0.3) is 5.88 Å². The van der Waals surface area contributed by atoms with Crippen molar-refractivity contribution in [3.63, 3.8) is 0 Å². The van der Waals surface area contributed by atoms with Crippen molar-refractivity contribution in [1.29, 1.82) is 0 Å². The Kier molecular flexibility index (Phi) is 4.73. The molecule has 3 nitrogen and oxygen atoms in total. The molecular formula is C12H16F4N2O. The number of hydrogen-bond donors (Lipinski definition) is 1. The Hall–Kier alpha value is -1.37. The van der Waals surface area contributed by atoms with Crippen LogP contribution in [0.1, 0.15) is 26.3 Å². The molecule has 7 heteroatoms. The third-order valence-corrected chi connectivity index (χ3v) is 2.06. The summed E-state index contributed by atoms with van der Waals surface area (Å²) in [6.07, 6.45) is -3.23. The number of pyridine rings is 1. The number of nitrogens with zero attached hydrogens (tertiary/aromatic N) is 1. The largest absolute Gasteiger partial charge is 0.466 e. The van der Waals surface area contributed by atoms with Crippen LogP contribution < -0.4 is 10.1 Å². The maximum Gasteiger partial charge on any atom is 0.422 e. The van der Waals surface area contributed by atoms with Crippen LogP contribution in [-0.4, -0.2) is 23.3 Å². The second kappa shape index (κ2) is 5.73. The van der Waals surface area contributed by atoms with Gasteiger partial charge in [-0.1, -0.05) is 0 Å². The Morgan fingerprint density at radius 3 is 2.37 bits per heavy atom. The van der Waals surface area contributed by atoms with Crippen LogP contribution >= 0.6 is 0 Å². The van der Waals surface area contributed by atoms with E-state index in [4.69, 9.17) is 0 Å². The normalized spacial score (nSPS) is 12.6. The molecule has 0 aliphatic rings. The Balaban J connectivity index is 2.64. The smallest absolute Gasteiger partial charge is 0.422 e. The molecule has 0 aromatic carbocycles. The van der Waals surface area contributed by atoms with Crippen molar-refractivity contribution in [1.82, 2.24) is 10.3 Å². The molecule has 0 saturated heterocycles. The van der Waals surface area contributed by atoms with E-state index in [1.807, 2.05) is 20.8 Å². The maximum absolute atomic E-state index is 13.5. The molecule has 0 amide bonds. The molecule has 1 aromatic heterocycles. The predicted octanol–water partition coefficient (Wildman–Crippen LogP) is 3.05.